The lowest BCUT2D eigenvalue weighted by molar-refractivity contribution is -0.137. The number of nitrogens with one attached hydrogen (secondary N) is 1. The molecule has 0 aliphatic carbocycles. The molecule has 10 heteroatoms. The molecule has 2 aliphatic rings. The number of nitrogens with two attached hydrogens (primary N) is 1. The minimum absolute atomic E-state index is 0.0716. The first-order chi connectivity index (χ1) is 13.8. The lowest BCUT2D eigenvalue weighted by Crippen LogP contribution is -2.52. The number of ether oxygens (including phenoxy) is 1. The van der Waals surface area contributed by atoms with Gasteiger partial charge in [0.2, 0.25) is 23.6 Å². The van der Waals surface area contributed by atoms with Crippen LogP contribution >= 0.6 is 0 Å². The van der Waals surface area contributed by atoms with Gasteiger partial charge in [0, 0.05) is 25.6 Å². The number of imide groups is 1. The predicted octanol–water partition coefficient (Wildman–Crippen LogP) is -0.840. The summed E-state index contributed by atoms with van der Waals surface area (Å²) in [5.74, 6) is -1.43. The molecule has 0 spiro atoms. The summed E-state index contributed by atoms with van der Waals surface area (Å²) in [6.45, 7) is 0.194. The minimum atomic E-state index is -0.671. The smallest absolute Gasteiger partial charge is 0.255 e. The zero-order chi connectivity index (χ0) is 21.1. The van der Waals surface area contributed by atoms with Crippen LogP contribution in [0.15, 0.2) is 18.2 Å². The number of fused-ring (bicyclic) bond motifs is 1. The zero-order valence-electron chi connectivity index (χ0n) is 16.0. The van der Waals surface area contributed by atoms with E-state index < -0.39 is 17.9 Å². The first-order valence-corrected chi connectivity index (χ1v) is 9.19. The Labute approximate surface area is 166 Å². The van der Waals surface area contributed by atoms with E-state index in [4.69, 9.17) is 10.5 Å². The van der Waals surface area contributed by atoms with E-state index in [1.807, 2.05) is 0 Å². The van der Waals surface area contributed by atoms with E-state index in [9.17, 15) is 24.0 Å². The van der Waals surface area contributed by atoms with E-state index in [-0.39, 0.29) is 50.3 Å². The molecular formula is C19H22N4O6. The maximum Gasteiger partial charge on any atom is 0.255 e. The zero-order valence-corrected chi connectivity index (χ0v) is 16.0. The number of nitrogens with zero attached hydrogens (tertiary/aromatic N) is 2. The van der Waals surface area contributed by atoms with E-state index in [2.05, 4.69) is 5.32 Å². The number of primary amides is 1. The monoisotopic (exact) mass is 402 g/mol. The molecule has 0 saturated carbocycles. The van der Waals surface area contributed by atoms with Gasteiger partial charge in [-0.25, -0.2) is 0 Å². The Hall–Kier alpha value is -3.43. The number of piperidine rings is 1. The quantitative estimate of drug-likeness (QED) is 0.570. The van der Waals surface area contributed by atoms with Crippen LogP contribution < -0.4 is 15.8 Å². The molecule has 3 rings (SSSR count). The molecule has 2 heterocycles. The SMILES string of the molecule is CN(CC(N)=O)C(=O)CCOc1ccc2c(c1)CN(C1CCC(=O)NC1=O)C2=O. The van der Waals surface area contributed by atoms with Gasteiger partial charge in [-0.2, -0.15) is 0 Å². The summed E-state index contributed by atoms with van der Waals surface area (Å²) >= 11 is 0. The van der Waals surface area contributed by atoms with Crippen LogP contribution in [0.1, 0.15) is 35.2 Å². The van der Waals surface area contributed by atoms with E-state index in [0.717, 1.165) is 5.56 Å². The van der Waals surface area contributed by atoms with Gasteiger partial charge in [-0.15, -0.1) is 0 Å². The van der Waals surface area contributed by atoms with Gasteiger partial charge in [0.05, 0.1) is 19.6 Å². The van der Waals surface area contributed by atoms with Crippen LogP contribution in [0.2, 0.25) is 0 Å². The molecule has 1 aromatic rings. The van der Waals surface area contributed by atoms with Crippen molar-refractivity contribution in [3.05, 3.63) is 29.3 Å². The number of amides is 5. The molecule has 0 radical (unpaired) electrons. The number of carbonyl (C=O) groups is 5. The van der Waals surface area contributed by atoms with Crippen molar-refractivity contribution in [1.82, 2.24) is 15.1 Å². The van der Waals surface area contributed by atoms with Gasteiger partial charge < -0.3 is 20.3 Å². The molecule has 10 nitrogen and oxygen atoms in total. The molecule has 1 atom stereocenters. The highest BCUT2D eigenvalue weighted by Crippen LogP contribution is 2.30. The maximum absolute atomic E-state index is 12.6. The molecule has 2 aliphatic heterocycles. The first kappa shape index (κ1) is 20.3. The molecule has 1 saturated heterocycles. The molecule has 0 bridgehead atoms. The van der Waals surface area contributed by atoms with Gasteiger partial charge >= 0.3 is 0 Å². The van der Waals surface area contributed by atoms with Crippen molar-refractivity contribution in [1.29, 1.82) is 0 Å². The van der Waals surface area contributed by atoms with Crippen LogP contribution in [0.5, 0.6) is 5.75 Å². The van der Waals surface area contributed by atoms with Crippen molar-refractivity contribution in [3.8, 4) is 5.75 Å². The maximum atomic E-state index is 12.6. The van der Waals surface area contributed by atoms with Gasteiger partial charge in [-0.05, 0) is 30.2 Å². The third kappa shape index (κ3) is 4.53. The summed E-state index contributed by atoms with van der Waals surface area (Å²) in [6, 6.07) is 4.29. The topological polar surface area (TPSA) is 139 Å². The molecule has 154 valence electrons. The number of rotatable bonds is 7. The fourth-order valence-corrected chi connectivity index (χ4v) is 3.41. The van der Waals surface area contributed by atoms with Gasteiger partial charge in [-0.1, -0.05) is 0 Å². The Kier molecular flexibility index (Phi) is 5.81. The van der Waals surface area contributed by atoms with Crippen LogP contribution in [0, 0.1) is 0 Å². The fraction of sp³-hybridized carbons (Fsp3) is 0.421. The Morgan fingerprint density at radius 3 is 2.76 bits per heavy atom. The van der Waals surface area contributed by atoms with E-state index >= 15 is 0 Å². The summed E-state index contributed by atoms with van der Waals surface area (Å²) in [7, 11) is 1.48. The largest absolute Gasteiger partial charge is 0.493 e. The third-order valence-electron chi connectivity index (χ3n) is 4.90. The number of hydrogen-bond donors (Lipinski definition) is 2. The van der Waals surface area contributed by atoms with Crippen molar-refractivity contribution in [3.63, 3.8) is 0 Å². The van der Waals surface area contributed by atoms with Crippen molar-refractivity contribution in [2.75, 3.05) is 20.2 Å². The number of hydrogen-bond acceptors (Lipinski definition) is 6. The van der Waals surface area contributed by atoms with Crippen molar-refractivity contribution >= 4 is 29.5 Å². The summed E-state index contributed by atoms with van der Waals surface area (Å²) in [5, 5.41) is 2.26. The number of benzene rings is 1. The van der Waals surface area contributed by atoms with Crippen LogP contribution in [-0.4, -0.2) is 65.6 Å². The van der Waals surface area contributed by atoms with Crippen LogP contribution in [0.4, 0.5) is 0 Å². The molecule has 1 aromatic carbocycles. The Bertz CT molecular complexity index is 883. The van der Waals surface area contributed by atoms with Crippen LogP contribution in [0.3, 0.4) is 0 Å². The average molecular weight is 402 g/mol. The second kappa shape index (κ2) is 8.29. The van der Waals surface area contributed by atoms with E-state index in [1.165, 1.54) is 16.8 Å². The molecule has 5 amide bonds. The lowest BCUT2D eigenvalue weighted by Gasteiger charge is -2.29. The standard InChI is InChI=1S/C19H22N4O6/c1-22(10-15(20)24)17(26)6-7-29-12-2-3-13-11(8-12)9-23(19(13)28)14-4-5-16(25)21-18(14)27/h2-3,8,14H,4-7,9-10H2,1H3,(H2,20,24)(H,21,25,27). The predicted molar refractivity (Wildman–Crippen MR) is 99.4 cm³/mol. The number of carbonyl (C=O) groups excluding carboxylic acids is 5. The second-order valence-electron chi connectivity index (χ2n) is 7.03. The fourth-order valence-electron chi connectivity index (χ4n) is 3.41. The third-order valence-corrected chi connectivity index (χ3v) is 4.90. The lowest BCUT2D eigenvalue weighted by atomic mass is 10.0. The van der Waals surface area contributed by atoms with Crippen molar-refractivity contribution in [2.45, 2.75) is 31.8 Å². The Morgan fingerprint density at radius 1 is 1.31 bits per heavy atom. The average Bonchev–Trinajstić information content (AvgIpc) is 2.97. The van der Waals surface area contributed by atoms with E-state index in [1.54, 1.807) is 18.2 Å². The summed E-state index contributed by atoms with van der Waals surface area (Å²) in [4.78, 5) is 61.4. The second-order valence-corrected chi connectivity index (χ2v) is 7.03. The van der Waals surface area contributed by atoms with Crippen LogP contribution in [0.25, 0.3) is 0 Å². The van der Waals surface area contributed by atoms with E-state index in [0.29, 0.717) is 17.7 Å². The van der Waals surface area contributed by atoms with Gasteiger partial charge in [0.15, 0.2) is 0 Å². The Morgan fingerprint density at radius 2 is 2.07 bits per heavy atom. The highest BCUT2D eigenvalue weighted by atomic mass is 16.5. The molecule has 3 N–H and O–H groups in total. The minimum Gasteiger partial charge on any atom is -0.493 e. The molecular weight excluding hydrogens is 380 g/mol. The summed E-state index contributed by atoms with van der Waals surface area (Å²) < 4.78 is 5.59. The summed E-state index contributed by atoms with van der Waals surface area (Å²) in [5.41, 5.74) is 6.26. The highest BCUT2D eigenvalue weighted by molar-refractivity contribution is 6.05. The normalized spacial score (nSPS) is 18.3. The van der Waals surface area contributed by atoms with Crippen molar-refractivity contribution in [2.24, 2.45) is 5.73 Å². The molecule has 0 aromatic heterocycles. The van der Waals surface area contributed by atoms with Crippen LogP contribution in [-0.2, 0) is 25.7 Å². The highest BCUT2D eigenvalue weighted by Gasteiger charge is 2.39. The Balaban J connectivity index is 1.58. The van der Waals surface area contributed by atoms with Crippen molar-refractivity contribution < 1.29 is 28.7 Å². The molecule has 1 unspecified atom stereocenters. The van der Waals surface area contributed by atoms with Gasteiger partial charge in [0.1, 0.15) is 11.8 Å². The van der Waals surface area contributed by atoms with Gasteiger partial charge in [0.25, 0.3) is 5.91 Å². The summed E-state index contributed by atoms with van der Waals surface area (Å²) in [6.07, 6.45) is 0.569. The van der Waals surface area contributed by atoms with Gasteiger partial charge in [-0.3, -0.25) is 29.3 Å². The molecule has 29 heavy (non-hydrogen) atoms. The first-order valence-electron chi connectivity index (χ1n) is 9.19. The molecule has 1 fully saturated rings. The number of likely N-dealkylation sites (N-methyl/N-ethyl adjacent to an activating group) is 1.